The van der Waals surface area contributed by atoms with Gasteiger partial charge in [0, 0.05) is 0 Å². The van der Waals surface area contributed by atoms with E-state index in [2.05, 4.69) is 48.5 Å². The molecule has 0 spiro atoms. The highest BCUT2D eigenvalue weighted by molar-refractivity contribution is 4.99. The van der Waals surface area contributed by atoms with Gasteiger partial charge in [0.25, 0.3) is 0 Å². The van der Waals surface area contributed by atoms with Crippen LogP contribution in [0, 0.1) is 28.6 Å². The molecule has 1 aliphatic rings. The molecule has 16 heavy (non-hydrogen) atoms. The van der Waals surface area contributed by atoms with E-state index < -0.39 is 0 Å². The molecule has 0 aromatic rings. The van der Waals surface area contributed by atoms with Crippen LogP contribution in [0.25, 0.3) is 0 Å². The molecule has 1 aliphatic carbocycles. The van der Waals surface area contributed by atoms with E-state index in [0.29, 0.717) is 10.8 Å². The molecule has 0 heterocycles. The highest BCUT2D eigenvalue weighted by atomic mass is 14.5. The Morgan fingerprint density at radius 3 is 2.06 bits per heavy atom. The standard InChI is InChI=1S/C16H32/c1-8-14-10-11-16(9-2,15(5,6)7)13(4)12(14)3/h12-14H,8-11H2,1-7H3. The fraction of sp³-hybridized carbons (Fsp3) is 1.00. The Kier molecular flexibility index (Phi) is 4.13. The van der Waals surface area contributed by atoms with E-state index in [9.17, 15) is 0 Å². The minimum absolute atomic E-state index is 0.453. The van der Waals surface area contributed by atoms with Gasteiger partial charge in [-0.05, 0) is 47.8 Å². The quantitative estimate of drug-likeness (QED) is 0.579. The molecule has 0 radical (unpaired) electrons. The van der Waals surface area contributed by atoms with Gasteiger partial charge < -0.3 is 0 Å². The van der Waals surface area contributed by atoms with Crippen LogP contribution in [0.1, 0.15) is 74.1 Å². The molecule has 96 valence electrons. The van der Waals surface area contributed by atoms with Crippen LogP contribution in [0.3, 0.4) is 0 Å². The summed E-state index contributed by atoms with van der Waals surface area (Å²) in [4.78, 5) is 0. The lowest BCUT2D eigenvalue weighted by Crippen LogP contribution is -2.48. The molecule has 1 saturated carbocycles. The number of rotatable bonds is 2. The summed E-state index contributed by atoms with van der Waals surface area (Å²) in [6.07, 6.45) is 5.61. The van der Waals surface area contributed by atoms with E-state index in [1.54, 1.807) is 0 Å². The largest absolute Gasteiger partial charge is 0.0651 e. The maximum Gasteiger partial charge on any atom is -0.0223 e. The lowest BCUT2D eigenvalue weighted by molar-refractivity contribution is -0.0663. The molecule has 4 atom stereocenters. The molecule has 0 N–H and O–H groups in total. The van der Waals surface area contributed by atoms with Crippen LogP contribution in [-0.4, -0.2) is 0 Å². The van der Waals surface area contributed by atoms with Gasteiger partial charge in [-0.3, -0.25) is 0 Å². The Balaban J connectivity index is 2.98. The van der Waals surface area contributed by atoms with Crippen LogP contribution in [0.15, 0.2) is 0 Å². The van der Waals surface area contributed by atoms with Crippen molar-refractivity contribution in [2.75, 3.05) is 0 Å². The minimum atomic E-state index is 0.453. The lowest BCUT2D eigenvalue weighted by Gasteiger charge is -2.56. The predicted octanol–water partition coefficient (Wildman–Crippen LogP) is 5.52. The summed E-state index contributed by atoms with van der Waals surface area (Å²) < 4.78 is 0. The van der Waals surface area contributed by atoms with Crippen molar-refractivity contribution >= 4 is 0 Å². The third-order valence-electron chi connectivity index (χ3n) is 6.01. The number of hydrogen-bond donors (Lipinski definition) is 0. The Bertz CT molecular complexity index is 223. The molecule has 1 rings (SSSR count). The third-order valence-corrected chi connectivity index (χ3v) is 6.01. The average molecular weight is 224 g/mol. The van der Waals surface area contributed by atoms with Crippen molar-refractivity contribution < 1.29 is 0 Å². The molecule has 0 bridgehead atoms. The van der Waals surface area contributed by atoms with Gasteiger partial charge in [-0.25, -0.2) is 0 Å². The molecule has 1 fully saturated rings. The Morgan fingerprint density at radius 2 is 1.69 bits per heavy atom. The highest BCUT2D eigenvalue weighted by Crippen LogP contribution is 2.58. The Labute approximate surface area is 103 Å². The monoisotopic (exact) mass is 224 g/mol. The second-order valence-corrected chi connectivity index (χ2v) is 7.11. The van der Waals surface area contributed by atoms with Gasteiger partial charge in [0.05, 0.1) is 0 Å². The second-order valence-electron chi connectivity index (χ2n) is 7.11. The summed E-state index contributed by atoms with van der Waals surface area (Å²) in [5.41, 5.74) is 1.02. The smallest absolute Gasteiger partial charge is 0.0223 e. The molecule has 0 aromatic carbocycles. The van der Waals surface area contributed by atoms with Crippen LogP contribution < -0.4 is 0 Å². The maximum absolute atomic E-state index is 2.52. The average Bonchev–Trinajstić information content (AvgIpc) is 2.20. The van der Waals surface area contributed by atoms with Gasteiger partial charge in [-0.2, -0.15) is 0 Å². The molecule has 0 amide bonds. The molecule has 0 nitrogen and oxygen atoms in total. The SMILES string of the molecule is CCC1CCC(CC)(C(C)(C)C)C(C)C1C. The van der Waals surface area contributed by atoms with Crippen molar-refractivity contribution in [2.45, 2.75) is 74.1 Å². The van der Waals surface area contributed by atoms with Crippen molar-refractivity contribution in [3.8, 4) is 0 Å². The van der Waals surface area contributed by atoms with Crippen molar-refractivity contribution in [3.63, 3.8) is 0 Å². The van der Waals surface area contributed by atoms with Gasteiger partial charge in [-0.15, -0.1) is 0 Å². The first-order chi connectivity index (χ1) is 7.30. The third kappa shape index (κ3) is 2.05. The van der Waals surface area contributed by atoms with Crippen LogP contribution in [0.2, 0.25) is 0 Å². The van der Waals surface area contributed by atoms with Gasteiger partial charge in [0.15, 0.2) is 0 Å². The zero-order chi connectivity index (χ0) is 12.6. The molecule has 0 aromatic heterocycles. The van der Waals surface area contributed by atoms with Crippen LogP contribution in [0.5, 0.6) is 0 Å². The van der Waals surface area contributed by atoms with E-state index >= 15 is 0 Å². The summed E-state index contributed by atoms with van der Waals surface area (Å²) in [6.45, 7) is 17.1. The molecule has 4 unspecified atom stereocenters. The molecule has 0 heteroatoms. The molecular weight excluding hydrogens is 192 g/mol. The zero-order valence-corrected chi connectivity index (χ0v) is 12.6. The fourth-order valence-corrected chi connectivity index (χ4v) is 4.51. The van der Waals surface area contributed by atoms with Gasteiger partial charge in [0.1, 0.15) is 0 Å². The highest BCUT2D eigenvalue weighted by Gasteiger charge is 2.49. The van der Waals surface area contributed by atoms with Crippen molar-refractivity contribution in [3.05, 3.63) is 0 Å². The van der Waals surface area contributed by atoms with Gasteiger partial charge >= 0.3 is 0 Å². The normalized spacial score (nSPS) is 41.1. The van der Waals surface area contributed by atoms with E-state index in [4.69, 9.17) is 0 Å². The number of hydrogen-bond acceptors (Lipinski definition) is 0. The van der Waals surface area contributed by atoms with Crippen molar-refractivity contribution in [2.24, 2.45) is 28.6 Å². The Hall–Kier alpha value is 0. The maximum atomic E-state index is 2.52. The van der Waals surface area contributed by atoms with E-state index in [-0.39, 0.29) is 0 Å². The van der Waals surface area contributed by atoms with Crippen LogP contribution in [0.4, 0.5) is 0 Å². The van der Waals surface area contributed by atoms with Gasteiger partial charge in [-0.1, -0.05) is 54.9 Å². The second kappa shape index (κ2) is 4.70. The molecule has 0 saturated heterocycles. The van der Waals surface area contributed by atoms with E-state index in [0.717, 1.165) is 17.8 Å². The summed E-state index contributed by atoms with van der Waals surface area (Å²) >= 11 is 0. The summed E-state index contributed by atoms with van der Waals surface area (Å²) in [7, 11) is 0. The van der Waals surface area contributed by atoms with Gasteiger partial charge in [0.2, 0.25) is 0 Å². The first-order valence-corrected chi connectivity index (χ1v) is 7.30. The first-order valence-electron chi connectivity index (χ1n) is 7.30. The van der Waals surface area contributed by atoms with E-state index in [1.807, 2.05) is 0 Å². The fourth-order valence-electron chi connectivity index (χ4n) is 4.51. The van der Waals surface area contributed by atoms with Crippen molar-refractivity contribution in [1.29, 1.82) is 0 Å². The van der Waals surface area contributed by atoms with Crippen molar-refractivity contribution in [1.82, 2.24) is 0 Å². The lowest BCUT2D eigenvalue weighted by atomic mass is 9.49. The summed E-state index contributed by atoms with van der Waals surface area (Å²) in [5, 5.41) is 0. The van der Waals surface area contributed by atoms with Crippen LogP contribution >= 0.6 is 0 Å². The van der Waals surface area contributed by atoms with E-state index in [1.165, 1.54) is 25.7 Å². The first kappa shape index (κ1) is 14.1. The summed E-state index contributed by atoms with van der Waals surface area (Å²) in [6, 6.07) is 0. The summed E-state index contributed by atoms with van der Waals surface area (Å²) in [5.74, 6) is 2.74. The Morgan fingerprint density at radius 1 is 1.12 bits per heavy atom. The zero-order valence-electron chi connectivity index (χ0n) is 12.6. The molecule has 0 aliphatic heterocycles. The van der Waals surface area contributed by atoms with Crippen LogP contribution in [-0.2, 0) is 0 Å². The minimum Gasteiger partial charge on any atom is -0.0651 e. The predicted molar refractivity (Wildman–Crippen MR) is 73.5 cm³/mol. The molecular formula is C16H32. The topological polar surface area (TPSA) is 0 Å².